The van der Waals surface area contributed by atoms with E-state index in [4.69, 9.17) is 10.5 Å². The number of hydrogen-bond donors (Lipinski definition) is 1. The van der Waals surface area contributed by atoms with E-state index in [9.17, 15) is 27.6 Å². The molecule has 0 atom stereocenters. The number of pyridine rings is 1. The van der Waals surface area contributed by atoms with Gasteiger partial charge in [0.15, 0.2) is 0 Å². The third-order valence-electron chi connectivity index (χ3n) is 3.23. The largest absolute Gasteiger partial charge is 0.462 e. The molecule has 9 heteroatoms. The van der Waals surface area contributed by atoms with Crippen molar-refractivity contribution in [2.75, 3.05) is 6.61 Å². The number of nitrogens with zero attached hydrogens (tertiary/aromatic N) is 1. The van der Waals surface area contributed by atoms with E-state index < -0.39 is 35.6 Å². The highest BCUT2D eigenvalue weighted by molar-refractivity contribution is 5.94. The Hall–Kier alpha value is -2.84. The smallest absolute Gasteiger partial charge is 0.416 e. The fourth-order valence-electron chi connectivity index (χ4n) is 2.22. The first kappa shape index (κ1) is 17.5. The summed E-state index contributed by atoms with van der Waals surface area (Å²) in [7, 11) is 0. The van der Waals surface area contributed by atoms with Crippen LogP contribution in [0.5, 0.6) is 0 Å². The maximum atomic E-state index is 12.9. The van der Waals surface area contributed by atoms with Crippen LogP contribution in [0.1, 0.15) is 22.8 Å². The number of nitrogens with two attached hydrogens (primary N) is 1. The predicted octanol–water partition coefficient (Wildman–Crippen LogP) is 1.68. The number of benzene rings is 1. The van der Waals surface area contributed by atoms with Crippen LogP contribution in [0, 0.1) is 0 Å². The molecule has 1 aromatic heterocycles. The number of aromatic nitrogens is 1. The molecule has 0 radical (unpaired) electrons. The van der Waals surface area contributed by atoms with Gasteiger partial charge < -0.3 is 15.0 Å². The highest BCUT2D eigenvalue weighted by Gasteiger charge is 2.31. The number of halogens is 3. The van der Waals surface area contributed by atoms with Gasteiger partial charge in [0, 0.05) is 11.6 Å². The van der Waals surface area contributed by atoms with E-state index in [1.807, 2.05) is 0 Å². The Balaban J connectivity index is 2.79. The standard InChI is InChI=1S/C15H13F3N2O4/c1-2-24-14(23)10-6-20(7-12(19)21)11-5-8(15(16,17)18)3-4-9(11)13(10)22/h3-6H,2,7H2,1H3,(H2,19,21). The predicted molar refractivity (Wildman–Crippen MR) is 78.4 cm³/mol. The van der Waals surface area contributed by atoms with Gasteiger partial charge in [0.2, 0.25) is 11.3 Å². The lowest BCUT2D eigenvalue weighted by Crippen LogP contribution is -2.25. The van der Waals surface area contributed by atoms with Crippen molar-refractivity contribution in [3.63, 3.8) is 0 Å². The lowest BCUT2D eigenvalue weighted by Gasteiger charge is -2.14. The number of primary amides is 1. The fraction of sp³-hybridized carbons (Fsp3) is 0.267. The molecule has 24 heavy (non-hydrogen) atoms. The van der Waals surface area contributed by atoms with E-state index in [0.717, 1.165) is 29.0 Å². The van der Waals surface area contributed by atoms with Crippen molar-refractivity contribution >= 4 is 22.8 Å². The maximum Gasteiger partial charge on any atom is 0.416 e. The molecule has 0 fully saturated rings. The van der Waals surface area contributed by atoms with E-state index in [1.165, 1.54) is 6.92 Å². The third kappa shape index (κ3) is 3.39. The van der Waals surface area contributed by atoms with Crippen molar-refractivity contribution in [2.24, 2.45) is 5.73 Å². The van der Waals surface area contributed by atoms with Crippen molar-refractivity contribution in [3.05, 3.63) is 45.7 Å². The summed E-state index contributed by atoms with van der Waals surface area (Å²) < 4.78 is 44.4. The minimum atomic E-state index is -4.62. The molecule has 0 bridgehead atoms. The SMILES string of the molecule is CCOC(=O)c1cn(CC(N)=O)c2cc(C(F)(F)F)ccc2c1=O. The van der Waals surface area contributed by atoms with Crippen LogP contribution in [0.3, 0.4) is 0 Å². The Bertz CT molecular complexity index is 871. The second kappa shape index (κ2) is 6.34. The van der Waals surface area contributed by atoms with Gasteiger partial charge in [-0.3, -0.25) is 9.59 Å². The highest BCUT2D eigenvalue weighted by Crippen LogP contribution is 2.31. The molecule has 1 heterocycles. The Morgan fingerprint density at radius 3 is 2.50 bits per heavy atom. The van der Waals surface area contributed by atoms with E-state index in [1.54, 1.807) is 0 Å². The molecule has 0 aliphatic heterocycles. The topological polar surface area (TPSA) is 91.4 Å². The molecule has 1 amide bonds. The Morgan fingerprint density at radius 2 is 1.96 bits per heavy atom. The van der Waals surface area contributed by atoms with Gasteiger partial charge >= 0.3 is 12.1 Å². The summed E-state index contributed by atoms with van der Waals surface area (Å²) >= 11 is 0. The number of hydrogen-bond acceptors (Lipinski definition) is 4. The minimum Gasteiger partial charge on any atom is -0.462 e. The third-order valence-corrected chi connectivity index (χ3v) is 3.23. The minimum absolute atomic E-state index is 0.0130. The zero-order valence-electron chi connectivity index (χ0n) is 12.5. The van der Waals surface area contributed by atoms with E-state index in [-0.39, 0.29) is 23.1 Å². The van der Waals surface area contributed by atoms with Gasteiger partial charge in [0.05, 0.1) is 17.7 Å². The normalized spacial score (nSPS) is 11.5. The number of carbonyl (C=O) groups excluding carboxylic acids is 2. The highest BCUT2D eigenvalue weighted by atomic mass is 19.4. The molecule has 0 aliphatic rings. The van der Waals surface area contributed by atoms with Gasteiger partial charge in [-0.2, -0.15) is 13.2 Å². The van der Waals surface area contributed by atoms with Crippen LogP contribution in [0.4, 0.5) is 13.2 Å². The first-order valence-electron chi connectivity index (χ1n) is 6.85. The summed E-state index contributed by atoms with van der Waals surface area (Å²) in [6.45, 7) is 1.06. The van der Waals surface area contributed by atoms with Crippen molar-refractivity contribution < 1.29 is 27.5 Å². The monoisotopic (exact) mass is 342 g/mol. The molecule has 0 spiro atoms. The van der Waals surface area contributed by atoms with Gasteiger partial charge in [-0.1, -0.05) is 0 Å². The van der Waals surface area contributed by atoms with Gasteiger partial charge in [-0.15, -0.1) is 0 Å². The molecular formula is C15H13F3N2O4. The molecular weight excluding hydrogens is 329 g/mol. The van der Waals surface area contributed by atoms with Crippen LogP contribution in [-0.2, 0) is 22.3 Å². The molecule has 0 unspecified atom stereocenters. The number of fused-ring (bicyclic) bond motifs is 1. The van der Waals surface area contributed by atoms with Gasteiger partial charge in [0.25, 0.3) is 0 Å². The number of esters is 1. The average Bonchev–Trinajstić information content (AvgIpc) is 2.48. The Kier molecular flexibility index (Phi) is 4.63. The number of ether oxygens (including phenoxy) is 1. The summed E-state index contributed by atoms with van der Waals surface area (Å²) in [4.78, 5) is 35.3. The number of amides is 1. The summed E-state index contributed by atoms with van der Waals surface area (Å²) in [6, 6.07) is 2.42. The zero-order valence-corrected chi connectivity index (χ0v) is 12.5. The molecule has 0 aliphatic carbocycles. The Morgan fingerprint density at radius 1 is 1.29 bits per heavy atom. The molecule has 2 aromatic rings. The fourth-order valence-corrected chi connectivity index (χ4v) is 2.22. The lowest BCUT2D eigenvalue weighted by molar-refractivity contribution is -0.137. The molecule has 1 aromatic carbocycles. The molecule has 2 rings (SSSR count). The average molecular weight is 342 g/mol. The zero-order chi connectivity index (χ0) is 18.1. The molecule has 128 valence electrons. The van der Waals surface area contributed by atoms with Crippen molar-refractivity contribution in [2.45, 2.75) is 19.6 Å². The molecule has 2 N–H and O–H groups in total. The van der Waals surface area contributed by atoms with Crippen molar-refractivity contribution in [3.8, 4) is 0 Å². The number of rotatable bonds is 4. The maximum absolute atomic E-state index is 12.9. The second-order valence-corrected chi connectivity index (χ2v) is 4.92. The number of carbonyl (C=O) groups is 2. The molecule has 0 saturated heterocycles. The van der Waals surface area contributed by atoms with Crippen LogP contribution in [0.25, 0.3) is 10.9 Å². The van der Waals surface area contributed by atoms with Crippen LogP contribution in [0.15, 0.2) is 29.2 Å². The summed E-state index contributed by atoms with van der Waals surface area (Å²) in [6.07, 6.45) is -3.64. The quantitative estimate of drug-likeness (QED) is 0.856. The van der Waals surface area contributed by atoms with Crippen LogP contribution >= 0.6 is 0 Å². The first-order chi connectivity index (χ1) is 11.1. The number of alkyl halides is 3. The van der Waals surface area contributed by atoms with Gasteiger partial charge in [0.1, 0.15) is 12.1 Å². The summed E-state index contributed by atoms with van der Waals surface area (Å²) in [5, 5.41) is -0.144. The second-order valence-electron chi connectivity index (χ2n) is 4.92. The molecule has 0 saturated carbocycles. The summed E-state index contributed by atoms with van der Waals surface area (Å²) in [5.41, 5.74) is 2.78. The van der Waals surface area contributed by atoms with Gasteiger partial charge in [-0.05, 0) is 25.1 Å². The van der Waals surface area contributed by atoms with E-state index in [0.29, 0.717) is 0 Å². The van der Waals surface area contributed by atoms with E-state index >= 15 is 0 Å². The Labute approximate surface area is 133 Å². The molecule has 6 nitrogen and oxygen atoms in total. The lowest BCUT2D eigenvalue weighted by atomic mass is 10.1. The van der Waals surface area contributed by atoms with Crippen molar-refractivity contribution in [1.29, 1.82) is 0 Å². The van der Waals surface area contributed by atoms with E-state index in [2.05, 4.69) is 0 Å². The van der Waals surface area contributed by atoms with Crippen LogP contribution in [0.2, 0.25) is 0 Å². The van der Waals surface area contributed by atoms with Crippen LogP contribution < -0.4 is 11.2 Å². The van der Waals surface area contributed by atoms with Crippen molar-refractivity contribution in [1.82, 2.24) is 4.57 Å². The van der Waals surface area contributed by atoms with Crippen LogP contribution in [-0.4, -0.2) is 23.1 Å². The first-order valence-corrected chi connectivity index (χ1v) is 6.85. The summed E-state index contributed by atoms with van der Waals surface area (Å²) in [5.74, 6) is -1.77. The van der Waals surface area contributed by atoms with Gasteiger partial charge in [-0.25, -0.2) is 4.79 Å².